The lowest BCUT2D eigenvalue weighted by Gasteiger charge is -2.17. The number of hydrogen-bond acceptors (Lipinski definition) is 4. The van der Waals surface area contributed by atoms with Crippen molar-refractivity contribution in [1.29, 1.82) is 0 Å². The zero-order valence-corrected chi connectivity index (χ0v) is 17.4. The number of carbonyl (C=O) groups excluding carboxylic acids is 3. The summed E-state index contributed by atoms with van der Waals surface area (Å²) in [5, 5.41) is 2.52. The highest BCUT2D eigenvalue weighted by Crippen LogP contribution is 2.21. The molecule has 0 aliphatic rings. The SMILES string of the molecule is Cc1ccc(C(=O)NCC(=O)NNC(=O)[C@H](C)Oc2cccc(C)c2C)cc1C. The molecule has 0 radical (unpaired) electrons. The second-order valence-corrected chi connectivity index (χ2v) is 6.98. The minimum atomic E-state index is -0.805. The maximum absolute atomic E-state index is 12.1. The summed E-state index contributed by atoms with van der Waals surface area (Å²) < 4.78 is 5.66. The average molecular weight is 397 g/mol. The van der Waals surface area contributed by atoms with Crippen LogP contribution in [0.3, 0.4) is 0 Å². The first-order valence-electron chi connectivity index (χ1n) is 9.36. The standard InChI is InChI=1S/C22H27N3O4/c1-13-9-10-18(11-15(13)3)22(28)23-12-20(26)24-25-21(27)17(5)29-19-8-6-7-14(2)16(19)4/h6-11,17H,12H2,1-5H3,(H,23,28)(H,24,26)(H,25,27)/t17-/m0/s1. The Morgan fingerprint density at radius 1 is 0.931 bits per heavy atom. The predicted octanol–water partition coefficient (Wildman–Crippen LogP) is 2.26. The minimum Gasteiger partial charge on any atom is -0.481 e. The van der Waals surface area contributed by atoms with Gasteiger partial charge in [-0.2, -0.15) is 0 Å². The Kier molecular flexibility index (Phi) is 7.36. The number of benzene rings is 2. The van der Waals surface area contributed by atoms with Crippen molar-refractivity contribution in [3.63, 3.8) is 0 Å². The van der Waals surface area contributed by atoms with Crippen LogP contribution in [0.1, 0.15) is 39.5 Å². The molecule has 2 rings (SSSR count). The predicted molar refractivity (Wildman–Crippen MR) is 111 cm³/mol. The molecule has 0 unspecified atom stereocenters. The van der Waals surface area contributed by atoms with Crippen LogP contribution in [0.5, 0.6) is 5.75 Å². The monoisotopic (exact) mass is 397 g/mol. The van der Waals surface area contributed by atoms with Gasteiger partial charge in [0.05, 0.1) is 6.54 Å². The molecule has 0 saturated carbocycles. The largest absolute Gasteiger partial charge is 0.481 e. The van der Waals surface area contributed by atoms with Gasteiger partial charge < -0.3 is 10.1 Å². The lowest BCUT2D eigenvalue weighted by molar-refractivity contribution is -0.132. The van der Waals surface area contributed by atoms with Gasteiger partial charge >= 0.3 is 0 Å². The molecule has 0 heterocycles. The summed E-state index contributed by atoms with van der Waals surface area (Å²) in [6, 6.07) is 10.9. The molecule has 7 nitrogen and oxygen atoms in total. The van der Waals surface area contributed by atoms with E-state index in [9.17, 15) is 14.4 Å². The fourth-order valence-corrected chi connectivity index (χ4v) is 2.52. The molecule has 2 aromatic carbocycles. The zero-order chi connectivity index (χ0) is 21.6. The van der Waals surface area contributed by atoms with Gasteiger partial charge in [0.25, 0.3) is 17.7 Å². The van der Waals surface area contributed by atoms with Crippen LogP contribution in [0.4, 0.5) is 0 Å². The fraction of sp³-hybridized carbons (Fsp3) is 0.318. The summed E-state index contributed by atoms with van der Waals surface area (Å²) in [6.07, 6.45) is -0.805. The van der Waals surface area contributed by atoms with Crippen LogP contribution in [0.15, 0.2) is 36.4 Å². The van der Waals surface area contributed by atoms with Crippen molar-refractivity contribution in [2.45, 2.75) is 40.7 Å². The van der Waals surface area contributed by atoms with Crippen molar-refractivity contribution in [3.8, 4) is 5.75 Å². The van der Waals surface area contributed by atoms with Crippen LogP contribution in [-0.4, -0.2) is 30.4 Å². The van der Waals surface area contributed by atoms with E-state index in [0.29, 0.717) is 11.3 Å². The maximum Gasteiger partial charge on any atom is 0.279 e. The van der Waals surface area contributed by atoms with Gasteiger partial charge in [-0.05, 0) is 75.1 Å². The van der Waals surface area contributed by atoms with Gasteiger partial charge in [-0.1, -0.05) is 18.2 Å². The molecule has 0 aliphatic carbocycles. The molecular weight excluding hydrogens is 370 g/mol. The third-order valence-electron chi connectivity index (χ3n) is 4.73. The molecule has 0 aliphatic heterocycles. The molecule has 3 amide bonds. The van der Waals surface area contributed by atoms with E-state index in [1.807, 2.05) is 45.9 Å². The summed E-state index contributed by atoms with van der Waals surface area (Å²) in [7, 11) is 0. The van der Waals surface area contributed by atoms with E-state index in [1.165, 1.54) is 0 Å². The van der Waals surface area contributed by atoms with Crippen molar-refractivity contribution in [2.75, 3.05) is 6.54 Å². The number of hydrogen-bond donors (Lipinski definition) is 3. The first-order valence-corrected chi connectivity index (χ1v) is 9.36. The highest BCUT2D eigenvalue weighted by Gasteiger charge is 2.17. The third-order valence-corrected chi connectivity index (χ3v) is 4.73. The molecule has 2 aromatic rings. The molecule has 0 fully saturated rings. The lowest BCUT2D eigenvalue weighted by atomic mass is 10.1. The van der Waals surface area contributed by atoms with Crippen molar-refractivity contribution in [3.05, 3.63) is 64.2 Å². The number of carbonyl (C=O) groups is 3. The van der Waals surface area contributed by atoms with Crippen LogP contribution >= 0.6 is 0 Å². The first kappa shape index (κ1) is 21.9. The summed E-state index contributed by atoms with van der Waals surface area (Å²) in [4.78, 5) is 36.2. The van der Waals surface area contributed by atoms with Gasteiger partial charge in [-0.3, -0.25) is 25.2 Å². The third kappa shape index (κ3) is 6.07. The lowest BCUT2D eigenvalue weighted by Crippen LogP contribution is -2.50. The van der Waals surface area contributed by atoms with E-state index < -0.39 is 17.9 Å². The maximum atomic E-state index is 12.1. The van der Waals surface area contributed by atoms with Gasteiger partial charge in [0.2, 0.25) is 0 Å². The van der Waals surface area contributed by atoms with Gasteiger partial charge in [0.1, 0.15) is 5.75 Å². The number of hydrazine groups is 1. The Balaban J connectivity index is 1.79. The van der Waals surface area contributed by atoms with E-state index in [4.69, 9.17) is 4.74 Å². The summed E-state index contributed by atoms with van der Waals surface area (Å²) >= 11 is 0. The zero-order valence-electron chi connectivity index (χ0n) is 17.4. The molecule has 154 valence electrons. The van der Waals surface area contributed by atoms with E-state index in [1.54, 1.807) is 25.1 Å². The summed E-state index contributed by atoms with van der Waals surface area (Å²) in [6.45, 7) is 9.06. The average Bonchev–Trinajstić information content (AvgIpc) is 2.69. The Bertz CT molecular complexity index is 924. The van der Waals surface area contributed by atoms with Gasteiger partial charge in [0, 0.05) is 5.56 Å². The molecule has 0 bridgehead atoms. The molecule has 0 saturated heterocycles. The molecule has 0 aromatic heterocycles. The molecule has 29 heavy (non-hydrogen) atoms. The van der Waals surface area contributed by atoms with Gasteiger partial charge in [-0.25, -0.2) is 0 Å². The Labute approximate surface area is 170 Å². The fourth-order valence-electron chi connectivity index (χ4n) is 2.52. The first-order chi connectivity index (χ1) is 13.7. The molecule has 0 spiro atoms. The normalized spacial score (nSPS) is 11.3. The van der Waals surface area contributed by atoms with Crippen molar-refractivity contribution < 1.29 is 19.1 Å². The Hall–Kier alpha value is -3.35. The number of nitrogens with one attached hydrogen (secondary N) is 3. The molecule has 7 heteroatoms. The Morgan fingerprint density at radius 3 is 2.34 bits per heavy atom. The second-order valence-electron chi connectivity index (χ2n) is 6.98. The van der Waals surface area contributed by atoms with Gasteiger partial charge in [-0.15, -0.1) is 0 Å². The summed E-state index contributed by atoms with van der Waals surface area (Å²) in [5.41, 5.74) is 9.13. The highest BCUT2D eigenvalue weighted by atomic mass is 16.5. The second kappa shape index (κ2) is 9.73. The summed E-state index contributed by atoms with van der Waals surface area (Å²) in [5.74, 6) is -0.796. The highest BCUT2D eigenvalue weighted by molar-refractivity contribution is 5.96. The van der Waals surface area contributed by atoms with E-state index in [2.05, 4.69) is 16.2 Å². The van der Waals surface area contributed by atoms with Crippen LogP contribution in [0.2, 0.25) is 0 Å². The number of rotatable bonds is 6. The van der Waals surface area contributed by atoms with Crippen molar-refractivity contribution in [2.24, 2.45) is 0 Å². The van der Waals surface area contributed by atoms with Crippen LogP contribution in [-0.2, 0) is 9.59 Å². The van der Waals surface area contributed by atoms with Crippen LogP contribution in [0.25, 0.3) is 0 Å². The molecular formula is C22H27N3O4. The van der Waals surface area contributed by atoms with E-state index in [-0.39, 0.29) is 12.5 Å². The number of ether oxygens (including phenoxy) is 1. The van der Waals surface area contributed by atoms with E-state index in [0.717, 1.165) is 22.3 Å². The number of amides is 3. The topological polar surface area (TPSA) is 96.5 Å². The quantitative estimate of drug-likeness (QED) is 0.652. The van der Waals surface area contributed by atoms with Gasteiger partial charge in [0.15, 0.2) is 6.10 Å². The smallest absolute Gasteiger partial charge is 0.279 e. The number of aryl methyl sites for hydroxylation is 3. The van der Waals surface area contributed by atoms with Crippen molar-refractivity contribution >= 4 is 17.7 Å². The van der Waals surface area contributed by atoms with E-state index >= 15 is 0 Å². The molecule has 3 N–H and O–H groups in total. The molecule has 1 atom stereocenters. The Morgan fingerprint density at radius 2 is 1.66 bits per heavy atom. The minimum absolute atomic E-state index is 0.266. The van der Waals surface area contributed by atoms with Crippen LogP contribution < -0.4 is 20.9 Å². The van der Waals surface area contributed by atoms with Crippen LogP contribution in [0, 0.1) is 27.7 Å². The van der Waals surface area contributed by atoms with Crippen molar-refractivity contribution in [1.82, 2.24) is 16.2 Å².